The van der Waals surface area contributed by atoms with Crippen LogP contribution in [-0.4, -0.2) is 31.8 Å². The van der Waals surface area contributed by atoms with Crippen molar-refractivity contribution in [3.8, 4) is 11.5 Å². The molecule has 3 N–H and O–H groups in total. The van der Waals surface area contributed by atoms with E-state index in [-0.39, 0.29) is 6.54 Å². The third-order valence-corrected chi connectivity index (χ3v) is 3.03. The highest BCUT2D eigenvalue weighted by Crippen LogP contribution is 2.38. The van der Waals surface area contributed by atoms with Gasteiger partial charge in [-0.3, -0.25) is 4.79 Å². The number of hydrogen-bond acceptors (Lipinski definition) is 4. The molecule has 5 nitrogen and oxygen atoms in total. The number of ether oxygens (including phenoxy) is 2. The topological polar surface area (TPSA) is 81.8 Å². The first-order valence-electron chi connectivity index (χ1n) is 5.62. The number of rotatable bonds is 5. The number of aliphatic carboxylic acids is 1. The Kier molecular flexibility index (Phi) is 4.55. The summed E-state index contributed by atoms with van der Waals surface area (Å²) in [6.45, 7) is 3.68. The first-order valence-corrected chi connectivity index (χ1v) is 5.62. The highest BCUT2D eigenvalue weighted by Gasteiger charge is 2.26. The summed E-state index contributed by atoms with van der Waals surface area (Å²) in [6, 6.07) is 1.80. The van der Waals surface area contributed by atoms with E-state index in [0.717, 1.165) is 11.1 Å². The molecule has 0 saturated heterocycles. The Bertz CT molecular complexity index is 457. The van der Waals surface area contributed by atoms with Gasteiger partial charge in [0.2, 0.25) is 0 Å². The van der Waals surface area contributed by atoms with Crippen molar-refractivity contribution in [2.24, 2.45) is 5.73 Å². The van der Waals surface area contributed by atoms with Crippen LogP contribution in [0.25, 0.3) is 0 Å². The van der Waals surface area contributed by atoms with Crippen LogP contribution in [0.3, 0.4) is 0 Å². The molecule has 0 aliphatic carbocycles. The Balaban J connectivity index is 3.52. The van der Waals surface area contributed by atoms with Crippen molar-refractivity contribution in [3.05, 3.63) is 22.8 Å². The minimum absolute atomic E-state index is 0.0261. The van der Waals surface area contributed by atoms with Crippen molar-refractivity contribution in [2.75, 3.05) is 20.8 Å². The van der Waals surface area contributed by atoms with Crippen molar-refractivity contribution >= 4 is 5.97 Å². The molecule has 5 heteroatoms. The molecule has 0 amide bonds. The standard InChI is InChI=1S/C13H19NO4/c1-7-5-10(17-3)8(2)12(18-4)11(7)9(6-14)13(15)16/h5,9H,6,14H2,1-4H3,(H,15,16). The van der Waals surface area contributed by atoms with Gasteiger partial charge in [-0.25, -0.2) is 0 Å². The number of nitrogens with two attached hydrogens (primary N) is 1. The molecule has 0 aliphatic rings. The molecule has 1 atom stereocenters. The Morgan fingerprint density at radius 2 is 2.00 bits per heavy atom. The van der Waals surface area contributed by atoms with Gasteiger partial charge >= 0.3 is 5.97 Å². The van der Waals surface area contributed by atoms with Crippen LogP contribution in [0.5, 0.6) is 11.5 Å². The van der Waals surface area contributed by atoms with Gasteiger partial charge in [-0.2, -0.15) is 0 Å². The first kappa shape index (κ1) is 14.3. The molecule has 1 unspecified atom stereocenters. The van der Waals surface area contributed by atoms with Crippen LogP contribution >= 0.6 is 0 Å². The molecule has 0 aromatic heterocycles. The van der Waals surface area contributed by atoms with E-state index < -0.39 is 11.9 Å². The van der Waals surface area contributed by atoms with Crippen molar-refractivity contribution in [1.29, 1.82) is 0 Å². The zero-order valence-electron chi connectivity index (χ0n) is 11.1. The normalized spacial score (nSPS) is 12.1. The largest absolute Gasteiger partial charge is 0.496 e. The third-order valence-electron chi connectivity index (χ3n) is 3.03. The van der Waals surface area contributed by atoms with Crippen molar-refractivity contribution in [2.45, 2.75) is 19.8 Å². The van der Waals surface area contributed by atoms with Gasteiger partial charge < -0.3 is 20.3 Å². The zero-order chi connectivity index (χ0) is 13.9. The summed E-state index contributed by atoms with van der Waals surface area (Å²) in [6.07, 6.45) is 0. The number of benzene rings is 1. The van der Waals surface area contributed by atoms with Gasteiger partial charge in [0.25, 0.3) is 0 Å². The van der Waals surface area contributed by atoms with E-state index >= 15 is 0 Å². The number of carboxylic acid groups (broad SMARTS) is 1. The van der Waals surface area contributed by atoms with Crippen LogP contribution in [0.1, 0.15) is 22.6 Å². The molecule has 0 saturated carbocycles. The summed E-state index contributed by atoms with van der Waals surface area (Å²) in [7, 11) is 3.08. The molecule has 1 aromatic rings. The summed E-state index contributed by atoms with van der Waals surface area (Å²) in [5.74, 6) is -0.521. The highest BCUT2D eigenvalue weighted by atomic mass is 16.5. The quantitative estimate of drug-likeness (QED) is 0.830. The number of methoxy groups -OCH3 is 2. The molecule has 0 spiro atoms. The number of hydrogen-bond donors (Lipinski definition) is 2. The van der Waals surface area contributed by atoms with Crippen molar-refractivity contribution in [1.82, 2.24) is 0 Å². The predicted octanol–water partition coefficient (Wildman–Crippen LogP) is 1.45. The van der Waals surface area contributed by atoms with Crippen LogP contribution < -0.4 is 15.2 Å². The minimum atomic E-state index is -0.955. The maximum absolute atomic E-state index is 11.3. The van der Waals surface area contributed by atoms with E-state index in [1.165, 1.54) is 7.11 Å². The fourth-order valence-corrected chi connectivity index (χ4v) is 2.13. The van der Waals surface area contributed by atoms with E-state index in [1.54, 1.807) is 13.2 Å². The monoisotopic (exact) mass is 253 g/mol. The molecule has 0 bridgehead atoms. The van der Waals surface area contributed by atoms with E-state index in [1.807, 2.05) is 13.8 Å². The molecule has 1 aromatic carbocycles. The van der Waals surface area contributed by atoms with E-state index in [2.05, 4.69) is 0 Å². The van der Waals surface area contributed by atoms with E-state index in [0.29, 0.717) is 17.1 Å². The van der Waals surface area contributed by atoms with Crippen LogP contribution in [0.15, 0.2) is 6.07 Å². The molecular formula is C13H19NO4. The van der Waals surface area contributed by atoms with Crippen LogP contribution in [0, 0.1) is 13.8 Å². The fourth-order valence-electron chi connectivity index (χ4n) is 2.13. The summed E-state index contributed by atoms with van der Waals surface area (Å²) in [4.78, 5) is 11.3. The molecule has 0 radical (unpaired) electrons. The van der Waals surface area contributed by atoms with Crippen molar-refractivity contribution in [3.63, 3.8) is 0 Å². The van der Waals surface area contributed by atoms with Gasteiger partial charge in [0.1, 0.15) is 11.5 Å². The maximum atomic E-state index is 11.3. The molecular weight excluding hydrogens is 234 g/mol. The van der Waals surface area contributed by atoms with Gasteiger partial charge in [0.15, 0.2) is 0 Å². The summed E-state index contributed by atoms with van der Waals surface area (Å²) in [5, 5.41) is 9.22. The van der Waals surface area contributed by atoms with E-state index in [9.17, 15) is 9.90 Å². The third kappa shape index (κ3) is 2.41. The number of carbonyl (C=O) groups is 1. The Morgan fingerprint density at radius 3 is 2.39 bits per heavy atom. The van der Waals surface area contributed by atoms with Gasteiger partial charge in [0.05, 0.1) is 20.1 Å². The molecule has 0 fully saturated rings. The Labute approximate surface area is 107 Å². The highest BCUT2D eigenvalue weighted by molar-refractivity contribution is 5.79. The average Bonchev–Trinajstić information content (AvgIpc) is 2.33. The summed E-state index contributed by atoms with van der Waals surface area (Å²) >= 11 is 0. The lowest BCUT2D eigenvalue weighted by atomic mass is 9.91. The zero-order valence-corrected chi connectivity index (χ0v) is 11.1. The molecule has 18 heavy (non-hydrogen) atoms. The lowest BCUT2D eigenvalue weighted by Crippen LogP contribution is -2.23. The maximum Gasteiger partial charge on any atom is 0.312 e. The van der Waals surface area contributed by atoms with Crippen LogP contribution in [0.4, 0.5) is 0 Å². The average molecular weight is 253 g/mol. The van der Waals surface area contributed by atoms with Gasteiger partial charge in [0, 0.05) is 17.7 Å². The van der Waals surface area contributed by atoms with Crippen LogP contribution in [-0.2, 0) is 4.79 Å². The lowest BCUT2D eigenvalue weighted by Gasteiger charge is -2.21. The lowest BCUT2D eigenvalue weighted by molar-refractivity contribution is -0.138. The second-order valence-electron chi connectivity index (χ2n) is 4.09. The first-order chi connectivity index (χ1) is 8.47. The SMILES string of the molecule is COc1cc(C)c(C(CN)C(=O)O)c(OC)c1C. The molecule has 1 rings (SSSR count). The fraction of sp³-hybridized carbons (Fsp3) is 0.462. The Hall–Kier alpha value is -1.75. The van der Waals surface area contributed by atoms with Gasteiger partial charge in [-0.15, -0.1) is 0 Å². The molecule has 0 heterocycles. The second kappa shape index (κ2) is 5.73. The summed E-state index contributed by atoms with van der Waals surface area (Å²) in [5.41, 5.74) is 7.74. The van der Waals surface area contributed by atoms with Gasteiger partial charge in [-0.05, 0) is 25.5 Å². The Morgan fingerprint density at radius 1 is 1.39 bits per heavy atom. The number of carboxylic acids is 1. The second-order valence-corrected chi connectivity index (χ2v) is 4.09. The smallest absolute Gasteiger partial charge is 0.312 e. The van der Waals surface area contributed by atoms with Crippen molar-refractivity contribution < 1.29 is 19.4 Å². The predicted molar refractivity (Wildman–Crippen MR) is 68.5 cm³/mol. The molecule has 0 aliphatic heterocycles. The van der Waals surface area contributed by atoms with E-state index in [4.69, 9.17) is 15.2 Å². The minimum Gasteiger partial charge on any atom is -0.496 e. The van der Waals surface area contributed by atoms with Gasteiger partial charge in [-0.1, -0.05) is 0 Å². The molecule has 100 valence electrons. The van der Waals surface area contributed by atoms with Crippen LogP contribution in [0.2, 0.25) is 0 Å². The summed E-state index contributed by atoms with van der Waals surface area (Å²) < 4.78 is 10.6. The number of aryl methyl sites for hydroxylation is 1.